The third-order valence-corrected chi connectivity index (χ3v) is 4.44. The number of aromatic nitrogens is 2. The molecule has 0 spiro atoms. The summed E-state index contributed by atoms with van der Waals surface area (Å²) in [7, 11) is 1.67. The lowest BCUT2D eigenvalue weighted by Crippen LogP contribution is -2.18. The van der Waals surface area contributed by atoms with Gasteiger partial charge in [0, 0.05) is 24.3 Å². The quantitative estimate of drug-likeness (QED) is 0.782. The van der Waals surface area contributed by atoms with Crippen molar-refractivity contribution in [1.82, 2.24) is 15.3 Å². The highest BCUT2D eigenvalue weighted by Gasteiger charge is 2.11. The van der Waals surface area contributed by atoms with Gasteiger partial charge in [0.15, 0.2) is 0 Å². The van der Waals surface area contributed by atoms with Crippen LogP contribution in [0.5, 0.6) is 5.75 Å². The normalized spacial score (nSPS) is 12.5. The first-order valence-electron chi connectivity index (χ1n) is 6.83. The molecule has 0 aliphatic rings. The van der Waals surface area contributed by atoms with E-state index in [1.54, 1.807) is 30.8 Å². The number of nitrogens with zero attached hydrogens (tertiary/aromatic N) is 2. The molecule has 1 aromatic carbocycles. The third-order valence-electron chi connectivity index (χ3n) is 3.40. The Morgan fingerprint density at radius 2 is 2.14 bits per heavy atom. The zero-order chi connectivity index (χ0) is 14.7. The number of methoxy groups -OCH3 is 1. The summed E-state index contributed by atoms with van der Waals surface area (Å²) in [5, 5.41) is 4.58. The fraction of sp³-hybridized carbons (Fsp3) is 0.250. The first-order chi connectivity index (χ1) is 10.3. The fourth-order valence-corrected chi connectivity index (χ4v) is 3.18. The van der Waals surface area contributed by atoms with E-state index in [9.17, 15) is 0 Å². The maximum Gasteiger partial charge on any atom is 0.141 e. The van der Waals surface area contributed by atoms with Crippen LogP contribution in [0.3, 0.4) is 0 Å². The fourth-order valence-electron chi connectivity index (χ4n) is 2.26. The van der Waals surface area contributed by atoms with Gasteiger partial charge >= 0.3 is 0 Å². The Labute approximate surface area is 127 Å². The molecule has 21 heavy (non-hydrogen) atoms. The van der Waals surface area contributed by atoms with Crippen LogP contribution in [0.15, 0.2) is 42.7 Å². The molecule has 1 atom stereocenters. The molecule has 108 valence electrons. The highest BCUT2D eigenvalue weighted by Crippen LogP contribution is 2.25. The summed E-state index contributed by atoms with van der Waals surface area (Å²) >= 11 is 1.73. The Hall–Kier alpha value is -1.98. The first-order valence-corrected chi connectivity index (χ1v) is 7.65. The Bertz CT molecular complexity index is 708. The van der Waals surface area contributed by atoms with Crippen molar-refractivity contribution in [3.05, 3.63) is 53.3 Å². The number of fused-ring (bicyclic) bond motifs is 1. The number of rotatable bonds is 5. The zero-order valence-electron chi connectivity index (χ0n) is 12.0. The molecule has 2 aromatic heterocycles. The standard InChI is InChI=1S/C16H17N3OS/c1-11(12-7-8-17-9-14(12)20-2)18-10-16-19-13-5-3-4-6-15(13)21-16/h3-9,11,18H,10H2,1-2H3. The highest BCUT2D eigenvalue weighted by atomic mass is 32.1. The summed E-state index contributed by atoms with van der Waals surface area (Å²) < 4.78 is 6.58. The smallest absolute Gasteiger partial charge is 0.141 e. The lowest BCUT2D eigenvalue weighted by Gasteiger charge is -2.15. The van der Waals surface area contributed by atoms with Crippen LogP contribution >= 0.6 is 11.3 Å². The molecule has 0 saturated carbocycles. The number of hydrogen-bond donors (Lipinski definition) is 1. The van der Waals surface area contributed by atoms with Crippen LogP contribution in [0.25, 0.3) is 10.2 Å². The van der Waals surface area contributed by atoms with Gasteiger partial charge in [0.25, 0.3) is 0 Å². The van der Waals surface area contributed by atoms with Crippen molar-refractivity contribution in [1.29, 1.82) is 0 Å². The monoisotopic (exact) mass is 299 g/mol. The average molecular weight is 299 g/mol. The number of para-hydroxylation sites is 1. The van der Waals surface area contributed by atoms with E-state index in [-0.39, 0.29) is 6.04 Å². The average Bonchev–Trinajstić information content (AvgIpc) is 2.95. The predicted octanol–water partition coefficient (Wildman–Crippen LogP) is 3.55. The zero-order valence-corrected chi connectivity index (χ0v) is 12.9. The lowest BCUT2D eigenvalue weighted by atomic mass is 10.1. The molecule has 3 rings (SSSR count). The summed E-state index contributed by atoms with van der Waals surface area (Å²) in [5.41, 5.74) is 2.17. The van der Waals surface area contributed by atoms with Gasteiger partial charge in [-0.05, 0) is 25.1 Å². The first kappa shape index (κ1) is 14.0. The summed E-state index contributed by atoms with van der Waals surface area (Å²) in [5.74, 6) is 0.807. The molecule has 0 amide bonds. The minimum absolute atomic E-state index is 0.176. The highest BCUT2D eigenvalue weighted by molar-refractivity contribution is 7.18. The minimum atomic E-state index is 0.176. The van der Waals surface area contributed by atoms with Gasteiger partial charge in [0.2, 0.25) is 0 Å². The molecule has 0 radical (unpaired) electrons. The Balaban J connectivity index is 1.72. The van der Waals surface area contributed by atoms with Gasteiger partial charge in [-0.3, -0.25) is 4.98 Å². The van der Waals surface area contributed by atoms with Gasteiger partial charge in [0.1, 0.15) is 10.8 Å². The van der Waals surface area contributed by atoms with E-state index in [1.165, 1.54) is 4.70 Å². The SMILES string of the molecule is COc1cnccc1C(C)NCc1nc2ccccc2s1. The van der Waals surface area contributed by atoms with E-state index in [0.717, 1.165) is 28.4 Å². The van der Waals surface area contributed by atoms with E-state index in [1.807, 2.05) is 24.3 Å². The number of thiazole rings is 1. The van der Waals surface area contributed by atoms with Gasteiger partial charge in [-0.15, -0.1) is 11.3 Å². The lowest BCUT2D eigenvalue weighted by molar-refractivity contribution is 0.399. The van der Waals surface area contributed by atoms with Gasteiger partial charge < -0.3 is 10.1 Å². The second-order valence-corrected chi connectivity index (χ2v) is 5.91. The summed E-state index contributed by atoms with van der Waals surface area (Å²) in [4.78, 5) is 8.72. The molecule has 0 aliphatic heterocycles. The van der Waals surface area contributed by atoms with Crippen molar-refractivity contribution >= 4 is 21.6 Å². The Kier molecular flexibility index (Phi) is 4.13. The van der Waals surface area contributed by atoms with Crippen LogP contribution in [0.1, 0.15) is 23.5 Å². The molecule has 2 heterocycles. The van der Waals surface area contributed by atoms with Crippen molar-refractivity contribution in [2.45, 2.75) is 19.5 Å². The van der Waals surface area contributed by atoms with Gasteiger partial charge in [-0.2, -0.15) is 0 Å². The summed E-state index contributed by atoms with van der Waals surface area (Å²) in [6, 6.07) is 10.4. The van der Waals surface area contributed by atoms with Crippen LogP contribution in [0, 0.1) is 0 Å². The number of hydrogen-bond acceptors (Lipinski definition) is 5. The van der Waals surface area contributed by atoms with Crippen molar-refractivity contribution in [2.24, 2.45) is 0 Å². The van der Waals surface area contributed by atoms with Crippen LogP contribution in [0.4, 0.5) is 0 Å². The number of benzene rings is 1. The van der Waals surface area contributed by atoms with Crippen molar-refractivity contribution in [3.63, 3.8) is 0 Å². The Morgan fingerprint density at radius 3 is 2.95 bits per heavy atom. The molecular formula is C16H17N3OS. The molecule has 0 aliphatic carbocycles. The maximum absolute atomic E-state index is 5.35. The van der Waals surface area contributed by atoms with Crippen molar-refractivity contribution in [2.75, 3.05) is 7.11 Å². The van der Waals surface area contributed by atoms with Crippen LogP contribution in [-0.2, 0) is 6.54 Å². The molecule has 0 fully saturated rings. The predicted molar refractivity (Wildman–Crippen MR) is 85.7 cm³/mol. The summed E-state index contributed by atoms with van der Waals surface area (Å²) in [6.45, 7) is 2.86. The van der Waals surface area contributed by atoms with E-state index in [4.69, 9.17) is 4.74 Å². The maximum atomic E-state index is 5.35. The molecule has 4 nitrogen and oxygen atoms in total. The number of ether oxygens (including phenoxy) is 1. The third kappa shape index (κ3) is 3.04. The van der Waals surface area contributed by atoms with Crippen LogP contribution < -0.4 is 10.1 Å². The number of nitrogens with one attached hydrogen (secondary N) is 1. The Morgan fingerprint density at radius 1 is 1.29 bits per heavy atom. The van der Waals surface area contributed by atoms with Crippen LogP contribution in [0.2, 0.25) is 0 Å². The second-order valence-electron chi connectivity index (χ2n) is 4.80. The summed E-state index contributed by atoms with van der Waals surface area (Å²) in [6.07, 6.45) is 3.53. The van der Waals surface area contributed by atoms with Gasteiger partial charge in [-0.25, -0.2) is 4.98 Å². The molecule has 1 N–H and O–H groups in total. The largest absolute Gasteiger partial charge is 0.495 e. The van der Waals surface area contributed by atoms with Crippen molar-refractivity contribution in [3.8, 4) is 5.75 Å². The molecule has 0 bridgehead atoms. The topological polar surface area (TPSA) is 47.0 Å². The van der Waals surface area contributed by atoms with Gasteiger partial charge in [0.05, 0.1) is 23.5 Å². The molecule has 3 aromatic rings. The van der Waals surface area contributed by atoms with E-state index < -0.39 is 0 Å². The number of pyridine rings is 1. The van der Waals surface area contributed by atoms with E-state index in [0.29, 0.717) is 0 Å². The molecule has 0 saturated heterocycles. The van der Waals surface area contributed by atoms with E-state index >= 15 is 0 Å². The van der Waals surface area contributed by atoms with Crippen LogP contribution in [-0.4, -0.2) is 17.1 Å². The minimum Gasteiger partial charge on any atom is -0.495 e. The van der Waals surface area contributed by atoms with E-state index in [2.05, 4.69) is 28.3 Å². The molecule has 5 heteroatoms. The molecular weight excluding hydrogens is 282 g/mol. The van der Waals surface area contributed by atoms with Gasteiger partial charge in [-0.1, -0.05) is 12.1 Å². The molecule has 1 unspecified atom stereocenters. The second kappa shape index (κ2) is 6.20. The van der Waals surface area contributed by atoms with Crippen molar-refractivity contribution < 1.29 is 4.74 Å².